The third-order valence-corrected chi connectivity index (χ3v) is 5.54. The number of benzene rings is 2. The highest BCUT2D eigenvalue weighted by Crippen LogP contribution is 2.23. The topological polar surface area (TPSA) is 66.1 Å². The van der Waals surface area contributed by atoms with Crippen LogP contribution in [0.25, 0.3) is 33.3 Å². The van der Waals surface area contributed by atoms with Gasteiger partial charge in [-0.3, -0.25) is 14.2 Å². The molecule has 6 nitrogen and oxygen atoms in total. The summed E-state index contributed by atoms with van der Waals surface area (Å²) in [5, 5.41) is 0.675. The van der Waals surface area contributed by atoms with Gasteiger partial charge in [0.05, 0.1) is 12.6 Å². The quantitative estimate of drug-likeness (QED) is 0.359. The Kier molecular flexibility index (Phi) is 5.40. The average Bonchev–Trinajstić information content (AvgIpc) is 2.78. The fourth-order valence-electron chi connectivity index (χ4n) is 3.88. The number of fused-ring (bicyclic) bond motifs is 2. The van der Waals surface area contributed by atoms with Gasteiger partial charge < -0.3 is 9.30 Å². The molecule has 0 saturated heterocycles. The summed E-state index contributed by atoms with van der Waals surface area (Å²) in [5.74, 6) is 1.30. The van der Waals surface area contributed by atoms with Crippen molar-refractivity contribution in [3.8, 4) is 17.1 Å². The largest absolute Gasteiger partial charge is 0.497 e. The molecule has 0 atom stereocenters. The maximum absolute atomic E-state index is 13.5. The number of para-hydroxylation sites is 1. The van der Waals surface area contributed by atoms with Gasteiger partial charge in [-0.1, -0.05) is 31.9 Å². The Morgan fingerprint density at radius 2 is 1.73 bits per heavy atom. The van der Waals surface area contributed by atoms with Gasteiger partial charge in [0, 0.05) is 24.5 Å². The van der Waals surface area contributed by atoms with Gasteiger partial charge in [-0.2, -0.15) is 0 Å². The number of ether oxygens (including phenoxy) is 1. The van der Waals surface area contributed by atoms with Crippen LogP contribution in [-0.2, 0) is 13.6 Å². The predicted octanol–water partition coefficient (Wildman–Crippen LogP) is 4.11. The molecule has 0 aliphatic rings. The highest BCUT2D eigenvalue weighted by Gasteiger charge is 2.19. The van der Waals surface area contributed by atoms with Gasteiger partial charge in [-0.05, 0) is 42.8 Å². The van der Waals surface area contributed by atoms with Crippen LogP contribution in [0.4, 0.5) is 0 Å². The van der Waals surface area contributed by atoms with Gasteiger partial charge in [0.15, 0.2) is 5.65 Å². The van der Waals surface area contributed by atoms with Crippen LogP contribution in [0.5, 0.6) is 5.75 Å². The molecule has 4 rings (SSSR count). The molecule has 2 aromatic carbocycles. The smallest absolute Gasteiger partial charge is 0.267 e. The second-order valence-electron chi connectivity index (χ2n) is 7.43. The van der Waals surface area contributed by atoms with Crippen molar-refractivity contribution in [2.75, 3.05) is 7.11 Å². The van der Waals surface area contributed by atoms with E-state index < -0.39 is 0 Å². The van der Waals surface area contributed by atoms with Crippen molar-refractivity contribution in [1.82, 2.24) is 14.1 Å². The first-order chi connectivity index (χ1) is 14.6. The lowest BCUT2D eigenvalue weighted by Gasteiger charge is -2.16. The van der Waals surface area contributed by atoms with Crippen LogP contribution in [0.3, 0.4) is 0 Å². The molecular weight excluding hydrogens is 378 g/mol. The Hall–Kier alpha value is -3.41. The number of hydrogen-bond donors (Lipinski definition) is 0. The highest BCUT2D eigenvalue weighted by molar-refractivity contribution is 5.91. The number of unbranched alkanes of at least 4 members (excludes halogenated alkanes) is 2. The third-order valence-electron chi connectivity index (χ3n) is 5.54. The fraction of sp³-hybridized carbons (Fsp3) is 0.292. The van der Waals surface area contributed by atoms with E-state index in [9.17, 15) is 9.59 Å². The predicted molar refractivity (Wildman–Crippen MR) is 120 cm³/mol. The molecule has 0 unspecified atom stereocenters. The summed E-state index contributed by atoms with van der Waals surface area (Å²) in [6, 6.07) is 14.8. The number of rotatable bonds is 6. The zero-order valence-electron chi connectivity index (χ0n) is 17.5. The van der Waals surface area contributed by atoms with E-state index in [2.05, 4.69) is 6.92 Å². The molecule has 0 radical (unpaired) electrons. The Morgan fingerprint density at radius 1 is 1.00 bits per heavy atom. The summed E-state index contributed by atoms with van der Waals surface area (Å²) >= 11 is 0. The monoisotopic (exact) mass is 403 g/mol. The lowest BCUT2D eigenvalue weighted by atomic mass is 10.1. The summed E-state index contributed by atoms with van der Waals surface area (Å²) in [5.41, 5.74) is 1.43. The standard InChI is InChI=1S/C24H25N3O3/c1-4-5-8-15-27-22(16-11-13-17(30-3)14-12-16)25-23-20(24(27)29)21(28)18-9-6-7-10-19(18)26(23)2/h6-7,9-14H,4-5,8,15H2,1-3H3. The van der Waals surface area contributed by atoms with Crippen LogP contribution in [0, 0.1) is 0 Å². The first-order valence-electron chi connectivity index (χ1n) is 10.2. The van der Waals surface area contributed by atoms with Crippen LogP contribution >= 0.6 is 0 Å². The van der Waals surface area contributed by atoms with E-state index in [0.29, 0.717) is 23.4 Å². The number of hydrogen-bond acceptors (Lipinski definition) is 4. The molecule has 2 aromatic heterocycles. The molecular formula is C24H25N3O3. The second kappa shape index (κ2) is 8.14. The van der Waals surface area contributed by atoms with Crippen LogP contribution < -0.4 is 15.7 Å². The summed E-state index contributed by atoms with van der Waals surface area (Å²) in [4.78, 5) is 31.6. The van der Waals surface area contributed by atoms with Crippen molar-refractivity contribution in [3.05, 3.63) is 69.1 Å². The van der Waals surface area contributed by atoms with Gasteiger partial charge in [0.2, 0.25) is 5.43 Å². The first kappa shape index (κ1) is 19.9. The minimum absolute atomic E-state index is 0.143. The Balaban J connectivity index is 2.07. The number of pyridine rings is 1. The van der Waals surface area contributed by atoms with Crippen molar-refractivity contribution in [2.45, 2.75) is 32.7 Å². The van der Waals surface area contributed by atoms with Crippen molar-refractivity contribution in [3.63, 3.8) is 0 Å². The Morgan fingerprint density at radius 3 is 2.43 bits per heavy atom. The van der Waals surface area contributed by atoms with Crippen LogP contribution in [0.15, 0.2) is 58.1 Å². The summed E-state index contributed by atoms with van der Waals surface area (Å²) in [6.45, 7) is 2.64. The Bertz CT molecular complexity index is 1330. The number of aryl methyl sites for hydroxylation is 1. The van der Waals surface area contributed by atoms with Gasteiger partial charge >= 0.3 is 0 Å². The molecule has 0 saturated carbocycles. The lowest BCUT2D eigenvalue weighted by molar-refractivity contribution is 0.415. The van der Waals surface area contributed by atoms with E-state index in [1.54, 1.807) is 17.7 Å². The lowest BCUT2D eigenvalue weighted by Crippen LogP contribution is -2.29. The van der Waals surface area contributed by atoms with E-state index in [1.165, 1.54) is 0 Å². The maximum atomic E-state index is 13.5. The van der Waals surface area contributed by atoms with Crippen LogP contribution in [0.1, 0.15) is 26.2 Å². The van der Waals surface area contributed by atoms with Gasteiger partial charge in [0.25, 0.3) is 5.56 Å². The average molecular weight is 403 g/mol. The molecule has 154 valence electrons. The fourth-order valence-corrected chi connectivity index (χ4v) is 3.88. The molecule has 4 aromatic rings. The van der Waals surface area contributed by atoms with Gasteiger partial charge in [-0.25, -0.2) is 4.98 Å². The van der Waals surface area contributed by atoms with E-state index in [0.717, 1.165) is 36.1 Å². The number of aromatic nitrogens is 3. The van der Waals surface area contributed by atoms with Crippen LogP contribution in [0.2, 0.25) is 0 Å². The number of methoxy groups -OCH3 is 1. The molecule has 0 aliphatic heterocycles. The molecule has 30 heavy (non-hydrogen) atoms. The minimum atomic E-state index is -0.284. The van der Waals surface area contributed by atoms with Crippen molar-refractivity contribution in [2.24, 2.45) is 7.05 Å². The zero-order valence-corrected chi connectivity index (χ0v) is 17.5. The van der Waals surface area contributed by atoms with E-state index in [1.807, 2.05) is 54.1 Å². The van der Waals surface area contributed by atoms with Crippen molar-refractivity contribution >= 4 is 21.9 Å². The summed E-state index contributed by atoms with van der Waals surface area (Å²) in [6.07, 6.45) is 2.89. The van der Waals surface area contributed by atoms with Crippen LogP contribution in [-0.4, -0.2) is 21.2 Å². The summed E-state index contributed by atoms with van der Waals surface area (Å²) < 4.78 is 8.74. The molecule has 0 fully saturated rings. The SMILES string of the molecule is CCCCCn1c(-c2ccc(OC)cc2)nc2c(c(=O)c3ccccc3n2C)c1=O. The number of nitrogens with zero attached hydrogens (tertiary/aromatic N) is 3. The minimum Gasteiger partial charge on any atom is -0.497 e. The van der Waals surface area contributed by atoms with E-state index in [4.69, 9.17) is 9.72 Å². The molecule has 0 amide bonds. The molecule has 2 heterocycles. The maximum Gasteiger partial charge on any atom is 0.267 e. The van der Waals surface area contributed by atoms with E-state index >= 15 is 0 Å². The molecule has 6 heteroatoms. The van der Waals surface area contributed by atoms with Gasteiger partial charge in [0.1, 0.15) is 17.0 Å². The normalized spacial score (nSPS) is 11.3. The highest BCUT2D eigenvalue weighted by atomic mass is 16.5. The molecule has 0 bridgehead atoms. The molecule has 0 N–H and O–H groups in total. The molecule has 0 aliphatic carbocycles. The summed E-state index contributed by atoms with van der Waals surface area (Å²) in [7, 11) is 3.46. The Labute approximate surface area is 174 Å². The van der Waals surface area contributed by atoms with Crippen molar-refractivity contribution in [1.29, 1.82) is 0 Å². The second-order valence-corrected chi connectivity index (χ2v) is 7.43. The molecule has 0 spiro atoms. The van der Waals surface area contributed by atoms with Crippen molar-refractivity contribution < 1.29 is 4.74 Å². The first-order valence-corrected chi connectivity index (χ1v) is 10.2. The van der Waals surface area contributed by atoms with Gasteiger partial charge in [-0.15, -0.1) is 0 Å². The van der Waals surface area contributed by atoms with E-state index in [-0.39, 0.29) is 16.4 Å². The third kappa shape index (κ3) is 3.28. The zero-order chi connectivity index (χ0) is 21.3.